The molecule has 0 bridgehead atoms. The number of hydrogen-bond donors (Lipinski definition) is 3. The number of amides is 1. The number of nitrogens with one attached hydrogen (secondary N) is 1. The molecule has 0 radical (unpaired) electrons. The highest BCUT2D eigenvalue weighted by atomic mass is 16.3. The molecular weight excluding hydrogens is 735 g/mol. The molecule has 2 atom stereocenters. The van der Waals surface area contributed by atoms with Crippen LogP contribution >= 0.6 is 0 Å². The molecule has 0 fully saturated rings. The van der Waals surface area contributed by atoms with Crippen LogP contribution in [0.4, 0.5) is 0 Å². The molecule has 0 aliphatic rings. The number of carbonyl (C=O) groups excluding carboxylic acids is 1. The highest BCUT2D eigenvalue weighted by molar-refractivity contribution is 5.76. The molecule has 334 valence electrons. The van der Waals surface area contributed by atoms with Crippen molar-refractivity contribution in [3.05, 3.63) is 158 Å². The van der Waals surface area contributed by atoms with E-state index in [1.54, 1.807) is 6.08 Å². The van der Waals surface area contributed by atoms with Crippen LogP contribution in [0.1, 0.15) is 168 Å². The first kappa shape index (κ1) is 56.0. The summed E-state index contributed by atoms with van der Waals surface area (Å²) >= 11 is 0. The molecular formula is C56H87NO3. The second-order valence-corrected chi connectivity index (χ2v) is 15.1. The summed E-state index contributed by atoms with van der Waals surface area (Å²) < 4.78 is 0. The Labute approximate surface area is 369 Å². The van der Waals surface area contributed by atoms with Crippen LogP contribution in [0.3, 0.4) is 0 Å². The summed E-state index contributed by atoms with van der Waals surface area (Å²) in [6.07, 6.45) is 80.8. The fraction of sp³-hybridized carbons (Fsp3) is 0.518. The molecule has 0 aliphatic heterocycles. The van der Waals surface area contributed by atoms with Crippen molar-refractivity contribution in [2.45, 2.75) is 180 Å². The van der Waals surface area contributed by atoms with E-state index in [-0.39, 0.29) is 12.5 Å². The van der Waals surface area contributed by atoms with Gasteiger partial charge in [0.1, 0.15) is 0 Å². The zero-order valence-electron chi connectivity index (χ0n) is 38.1. The van der Waals surface area contributed by atoms with Crippen LogP contribution in [0.15, 0.2) is 158 Å². The Morgan fingerprint density at radius 3 is 1.15 bits per heavy atom. The second kappa shape index (κ2) is 49.4. The standard InChI is InChI=1S/C56H87NO3/c1-3-5-7-9-11-13-15-16-17-18-19-20-21-22-23-24-25-26-27-28-29-30-31-32-33-34-35-36-37-38-39-40-42-44-46-48-50-52-56(60)57-54(53-58)55(59)51-49-47-45-43-41-14-12-10-8-6-4-2/h5,7,11,13,16-17,19-20,22-23,25-26,28-29,31-32,34-35,37-38,40-43,49,51,54-55,58-59H,3-4,6,8-10,12,14-15,18,21,24,27,30,33,36,39,44-48,50,52-53H2,1-2H3,(H,57,60)/b7-5-,13-11-,17-16-,20-19-,23-22-,26-25-,29-28-,32-31-,35-34-,38-37-,42-40-,43-41+,51-49+. The molecule has 1 amide bonds. The van der Waals surface area contributed by atoms with Crippen LogP contribution in [0, 0.1) is 0 Å². The van der Waals surface area contributed by atoms with E-state index < -0.39 is 12.1 Å². The van der Waals surface area contributed by atoms with Gasteiger partial charge in [0.2, 0.25) is 5.91 Å². The summed E-state index contributed by atoms with van der Waals surface area (Å²) in [6.45, 7) is 4.11. The zero-order valence-corrected chi connectivity index (χ0v) is 38.1. The van der Waals surface area contributed by atoms with Crippen LogP contribution in [0.2, 0.25) is 0 Å². The van der Waals surface area contributed by atoms with Crippen molar-refractivity contribution < 1.29 is 15.0 Å². The molecule has 0 aromatic carbocycles. The SMILES string of the molecule is CC/C=C\C/C=C\C/C=C\C/C=C\C/C=C\C/C=C\C/C=C\C/C=C\C/C=C\C/C=C\C/C=C\CCCCCC(=O)NC(CO)C(O)/C=C/CC/C=C/CCCCCCC. The van der Waals surface area contributed by atoms with Gasteiger partial charge in [-0.3, -0.25) is 4.79 Å². The molecule has 0 rings (SSSR count). The molecule has 0 heterocycles. The summed E-state index contributed by atoms with van der Waals surface area (Å²) in [4.78, 5) is 12.4. The Morgan fingerprint density at radius 1 is 0.417 bits per heavy atom. The van der Waals surface area contributed by atoms with E-state index in [2.05, 4.69) is 165 Å². The van der Waals surface area contributed by atoms with Crippen molar-refractivity contribution >= 4 is 5.91 Å². The van der Waals surface area contributed by atoms with Gasteiger partial charge in [0.15, 0.2) is 0 Å². The molecule has 2 unspecified atom stereocenters. The predicted molar refractivity (Wildman–Crippen MR) is 266 cm³/mol. The Bertz CT molecular complexity index is 1350. The Hall–Kier alpha value is -3.99. The van der Waals surface area contributed by atoms with Gasteiger partial charge < -0.3 is 15.5 Å². The van der Waals surface area contributed by atoms with E-state index in [1.807, 2.05) is 6.08 Å². The molecule has 4 nitrogen and oxygen atoms in total. The zero-order chi connectivity index (χ0) is 43.5. The lowest BCUT2D eigenvalue weighted by Gasteiger charge is -2.19. The van der Waals surface area contributed by atoms with Crippen molar-refractivity contribution in [1.29, 1.82) is 0 Å². The van der Waals surface area contributed by atoms with Gasteiger partial charge in [0.05, 0.1) is 18.8 Å². The second-order valence-electron chi connectivity index (χ2n) is 15.1. The molecule has 0 saturated carbocycles. The number of rotatable bonds is 40. The lowest BCUT2D eigenvalue weighted by atomic mass is 10.1. The van der Waals surface area contributed by atoms with Gasteiger partial charge in [0.25, 0.3) is 0 Å². The van der Waals surface area contributed by atoms with Crippen LogP contribution in [-0.4, -0.2) is 34.9 Å². The van der Waals surface area contributed by atoms with E-state index >= 15 is 0 Å². The first-order chi connectivity index (χ1) is 29.7. The molecule has 4 heteroatoms. The molecule has 0 saturated heterocycles. The van der Waals surface area contributed by atoms with Gasteiger partial charge in [-0.25, -0.2) is 0 Å². The third kappa shape index (κ3) is 45.1. The van der Waals surface area contributed by atoms with Crippen LogP contribution < -0.4 is 5.32 Å². The van der Waals surface area contributed by atoms with Crippen molar-refractivity contribution in [3.63, 3.8) is 0 Å². The van der Waals surface area contributed by atoms with Crippen molar-refractivity contribution in [1.82, 2.24) is 5.32 Å². The van der Waals surface area contributed by atoms with Crippen molar-refractivity contribution in [2.24, 2.45) is 0 Å². The van der Waals surface area contributed by atoms with E-state index in [9.17, 15) is 15.0 Å². The summed E-state index contributed by atoms with van der Waals surface area (Å²) in [6, 6.07) is -0.667. The number of aliphatic hydroxyl groups is 2. The Morgan fingerprint density at radius 2 is 0.750 bits per heavy atom. The first-order valence-electron chi connectivity index (χ1n) is 23.7. The van der Waals surface area contributed by atoms with Crippen molar-refractivity contribution in [2.75, 3.05) is 6.61 Å². The minimum Gasteiger partial charge on any atom is -0.394 e. The molecule has 0 spiro atoms. The summed E-state index contributed by atoms with van der Waals surface area (Å²) in [5, 5.41) is 22.9. The number of hydrogen-bond acceptors (Lipinski definition) is 3. The van der Waals surface area contributed by atoms with Gasteiger partial charge >= 0.3 is 0 Å². The monoisotopic (exact) mass is 822 g/mol. The third-order valence-corrected chi connectivity index (χ3v) is 9.49. The number of allylic oxidation sites excluding steroid dienone is 25. The van der Waals surface area contributed by atoms with E-state index in [4.69, 9.17) is 0 Å². The quantitative estimate of drug-likeness (QED) is 0.0426. The molecule has 0 aromatic rings. The maximum absolute atomic E-state index is 12.4. The molecule has 0 aromatic heterocycles. The van der Waals surface area contributed by atoms with Gasteiger partial charge in [0, 0.05) is 6.42 Å². The predicted octanol–water partition coefficient (Wildman–Crippen LogP) is 15.5. The van der Waals surface area contributed by atoms with Gasteiger partial charge in [-0.1, -0.05) is 204 Å². The van der Waals surface area contributed by atoms with Crippen LogP contribution in [0.5, 0.6) is 0 Å². The summed E-state index contributed by atoms with van der Waals surface area (Å²) in [5.41, 5.74) is 0. The maximum Gasteiger partial charge on any atom is 0.220 e. The average Bonchev–Trinajstić information content (AvgIpc) is 3.25. The molecule has 60 heavy (non-hydrogen) atoms. The van der Waals surface area contributed by atoms with Crippen LogP contribution in [0.25, 0.3) is 0 Å². The Balaban J connectivity index is 3.77. The fourth-order valence-corrected chi connectivity index (χ4v) is 5.90. The summed E-state index contributed by atoms with van der Waals surface area (Å²) in [7, 11) is 0. The summed E-state index contributed by atoms with van der Waals surface area (Å²) in [5.74, 6) is -0.116. The average molecular weight is 822 g/mol. The van der Waals surface area contributed by atoms with Gasteiger partial charge in [-0.05, 0) is 116 Å². The van der Waals surface area contributed by atoms with Gasteiger partial charge in [-0.15, -0.1) is 0 Å². The normalized spacial score (nSPS) is 14.4. The third-order valence-electron chi connectivity index (χ3n) is 9.49. The minimum absolute atomic E-state index is 0.116. The number of unbranched alkanes of at least 4 members (excludes halogenated alkanes) is 9. The Kier molecular flexibility index (Phi) is 46.1. The lowest BCUT2D eigenvalue weighted by molar-refractivity contribution is -0.123. The van der Waals surface area contributed by atoms with Crippen LogP contribution in [-0.2, 0) is 4.79 Å². The highest BCUT2D eigenvalue weighted by Crippen LogP contribution is 2.08. The smallest absolute Gasteiger partial charge is 0.220 e. The topological polar surface area (TPSA) is 69.6 Å². The first-order valence-corrected chi connectivity index (χ1v) is 23.7. The number of carbonyl (C=O) groups is 1. The van der Waals surface area contributed by atoms with Crippen molar-refractivity contribution in [3.8, 4) is 0 Å². The fourth-order valence-electron chi connectivity index (χ4n) is 5.90. The minimum atomic E-state index is -0.886. The highest BCUT2D eigenvalue weighted by Gasteiger charge is 2.17. The molecule has 0 aliphatic carbocycles. The molecule has 3 N–H and O–H groups in total. The number of aliphatic hydroxyl groups excluding tert-OH is 2. The van der Waals surface area contributed by atoms with E-state index in [0.717, 1.165) is 116 Å². The largest absolute Gasteiger partial charge is 0.394 e. The van der Waals surface area contributed by atoms with E-state index in [0.29, 0.717) is 6.42 Å². The van der Waals surface area contributed by atoms with Gasteiger partial charge in [-0.2, -0.15) is 0 Å². The lowest BCUT2D eigenvalue weighted by Crippen LogP contribution is -2.45. The van der Waals surface area contributed by atoms with E-state index in [1.165, 1.54) is 32.1 Å². The maximum atomic E-state index is 12.4.